The van der Waals surface area contributed by atoms with Crippen molar-refractivity contribution in [1.82, 2.24) is 10.3 Å². The van der Waals surface area contributed by atoms with Gasteiger partial charge in [0.15, 0.2) is 0 Å². The first-order chi connectivity index (χ1) is 6.42. The maximum absolute atomic E-state index is 3.33. The third-order valence-corrected chi connectivity index (χ3v) is 2.24. The van der Waals surface area contributed by atoms with Gasteiger partial charge in [0.2, 0.25) is 0 Å². The second-order valence-electron chi connectivity index (χ2n) is 3.14. The number of H-pyrrole nitrogens is 1. The summed E-state index contributed by atoms with van der Waals surface area (Å²) in [6, 6.07) is 8.48. The minimum absolute atomic E-state index is 0.939. The van der Waals surface area contributed by atoms with Crippen LogP contribution in [-0.4, -0.2) is 11.5 Å². The van der Waals surface area contributed by atoms with Crippen LogP contribution in [0.3, 0.4) is 0 Å². The van der Waals surface area contributed by atoms with E-state index >= 15 is 0 Å². The highest BCUT2D eigenvalue weighted by atomic mass is 14.8. The zero-order valence-corrected chi connectivity index (χ0v) is 7.80. The van der Waals surface area contributed by atoms with E-state index in [1.807, 2.05) is 6.20 Å². The quantitative estimate of drug-likeness (QED) is 0.734. The number of aromatic amines is 1. The molecule has 0 radical (unpaired) electrons. The van der Waals surface area contributed by atoms with E-state index in [4.69, 9.17) is 0 Å². The van der Waals surface area contributed by atoms with Crippen LogP contribution in [-0.2, 0) is 6.54 Å². The Kier molecular flexibility index (Phi) is 2.32. The van der Waals surface area contributed by atoms with Gasteiger partial charge >= 0.3 is 0 Å². The number of benzene rings is 1. The molecule has 0 aliphatic carbocycles. The lowest BCUT2D eigenvalue weighted by Crippen LogP contribution is -2.11. The van der Waals surface area contributed by atoms with Gasteiger partial charge < -0.3 is 10.3 Å². The topological polar surface area (TPSA) is 27.8 Å². The summed E-state index contributed by atoms with van der Waals surface area (Å²) in [5, 5.41) is 4.61. The fourth-order valence-electron chi connectivity index (χ4n) is 1.56. The van der Waals surface area contributed by atoms with Gasteiger partial charge in [-0.15, -0.1) is 0 Å². The SMILES string of the molecule is CCNCc1cccc2cc[nH]c12. The van der Waals surface area contributed by atoms with Crippen molar-refractivity contribution in [3.8, 4) is 0 Å². The number of para-hydroxylation sites is 1. The summed E-state index contributed by atoms with van der Waals surface area (Å²) in [6.45, 7) is 4.07. The van der Waals surface area contributed by atoms with E-state index in [0.717, 1.165) is 13.1 Å². The second-order valence-corrected chi connectivity index (χ2v) is 3.14. The monoisotopic (exact) mass is 174 g/mol. The van der Waals surface area contributed by atoms with Crippen molar-refractivity contribution in [2.45, 2.75) is 13.5 Å². The van der Waals surface area contributed by atoms with Gasteiger partial charge in [0.25, 0.3) is 0 Å². The molecule has 2 nitrogen and oxygen atoms in total. The normalized spacial score (nSPS) is 10.8. The van der Waals surface area contributed by atoms with E-state index in [2.05, 4.69) is 41.5 Å². The molecule has 2 rings (SSSR count). The number of fused-ring (bicyclic) bond motifs is 1. The van der Waals surface area contributed by atoms with Crippen LogP contribution in [0.5, 0.6) is 0 Å². The van der Waals surface area contributed by atoms with Crippen LogP contribution in [0.1, 0.15) is 12.5 Å². The molecule has 0 aliphatic rings. The Balaban J connectivity index is 2.37. The number of rotatable bonds is 3. The molecule has 0 unspecified atom stereocenters. The summed E-state index contributed by atoms with van der Waals surface area (Å²) in [6.07, 6.45) is 1.99. The zero-order chi connectivity index (χ0) is 9.10. The number of aromatic nitrogens is 1. The molecule has 2 aromatic rings. The highest BCUT2D eigenvalue weighted by Crippen LogP contribution is 2.16. The van der Waals surface area contributed by atoms with Crippen LogP contribution >= 0.6 is 0 Å². The van der Waals surface area contributed by atoms with E-state index in [1.165, 1.54) is 16.5 Å². The van der Waals surface area contributed by atoms with Gasteiger partial charge in [-0.05, 0) is 23.6 Å². The summed E-state index contributed by atoms with van der Waals surface area (Å²) in [4.78, 5) is 3.26. The third kappa shape index (κ3) is 1.58. The molecular formula is C11H14N2. The minimum atomic E-state index is 0.939. The molecule has 0 aliphatic heterocycles. The minimum Gasteiger partial charge on any atom is -0.361 e. The lowest BCUT2D eigenvalue weighted by molar-refractivity contribution is 0.730. The summed E-state index contributed by atoms with van der Waals surface area (Å²) in [5.41, 5.74) is 2.59. The van der Waals surface area contributed by atoms with Gasteiger partial charge in [-0.1, -0.05) is 25.1 Å². The van der Waals surface area contributed by atoms with Gasteiger partial charge in [0.1, 0.15) is 0 Å². The predicted molar refractivity (Wildman–Crippen MR) is 55.7 cm³/mol. The Hall–Kier alpha value is -1.28. The molecule has 0 atom stereocenters. The van der Waals surface area contributed by atoms with Gasteiger partial charge in [0.05, 0.1) is 0 Å². The molecule has 0 spiro atoms. The van der Waals surface area contributed by atoms with Crippen molar-refractivity contribution >= 4 is 10.9 Å². The van der Waals surface area contributed by atoms with Crippen molar-refractivity contribution in [2.24, 2.45) is 0 Å². The van der Waals surface area contributed by atoms with Gasteiger partial charge in [-0.2, -0.15) is 0 Å². The molecule has 0 fully saturated rings. The molecule has 0 amide bonds. The van der Waals surface area contributed by atoms with Crippen molar-refractivity contribution < 1.29 is 0 Å². The molecule has 1 heterocycles. The Morgan fingerprint density at radius 3 is 3.08 bits per heavy atom. The highest BCUT2D eigenvalue weighted by Gasteiger charge is 1.99. The van der Waals surface area contributed by atoms with E-state index < -0.39 is 0 Å². The molecule has 0 bridgehead atoms. The number of hydrogen-bond donors (Lipinski definition) is 2. The first kappa shape index (κ1) is 8.32. The standard InChI is InChI=1S/C11H14N2/c1-2-12-8-10-5-3-4-9-6-7-13-11(9)10/h3-7,12-13H,2,8H2,1H3. The predicted octanol–water partition coefficient (Wildman–Crippen LogP) is 2.28. The van der Waals surface area contributed by atoms with E-state index in [1.54, 1.807) is 0 Å². The average Bonchev–Trinajstić information content (AvgIpc) is 2.62. The van der Waals surface area contributed by atoms with Crippen molar-refractivity contribution in [3.05, 3.63) is 36.0 Å². The molecule has 68 valence electrons. The van der Waals surface area contributed by atoms with Gasteiger partial charge in [-0.3, -0.25) is 0 Å². The molecule has 1 aromatic heterocycles. The molecule has 2 N–H and O–H groups in total. The molecule has 0 saturated heterocycles. The first-order valence-corrected chi connectivity index (χ1v) is 4.67. The van der Waals surface area contributed by atoms with Crippen LogP contribution in [0.15, 0.2) is 30.5 Å². The fraction of sp³-hybridized carbons (Fsp3) is 0.273. The molecular weight excluding hydrogens is 160 g/mol. The average molecular weight is 174 g/mol. The maximum atomic E-state index is 3.33. The highest BCUT2D eigenvalue weighted by molar-refractivity contribution is 5.82. The van der Waals surface area contributed by atoms with Crippen LogP contribution < -0.4 is 5.32 Å². The zero-order valence-electron chi connectivity index (χ0n) is 7.80. The van der Waals surface area contributed by atoms with Crippen LogP contribution in [0.2, 0.25) is 0 Å². The van der Waals surface area contributed by atoms with Crippen molar-refractivity contribution in [3.63, 3.8) is 0 Å². The Morgan fingerprint density at radius 1 is 1.31 bits per heavy atom. The summed E-state index contributed by atoms with van der Waals surface area (Å²) in [5.74, 6) is 0. The molecule has 1 aromatic carbocycles. The molecule has 13 heavy (non-hydrogen) atoms. The largest absolute Gasteiger partial charge is 0.361 e. The number of nitrogens with one attached hydrogen (secondary N) is 2. The molecule has 2 heteroatoms. The van der Waals surface area contributed by atoms with Crippen LogP contribution in [0.4, 0.5) is 0 Å². The van der Waals surface area contributed by atoms with Gasteiger partial charge in [-0.25, -0.2) is 0 Å². The van der Waals surface area contributed by atoms with Crippen LogP contribution in [0.25, 0.3) is 10.9 Å². The van der Waals surface area contributed by atoms with Gasteiger partial charge in [0, 0.05) is 18.3 Å². The summed E-state index contributed by atoms with van der Waals surface area (Å²) < 4.78 is 0. The first-order valence-electron chi connectivity index (χ1n) is 4.67. The Labute approximate surface area is 78.0 Å². The van der Waals surface area contributed by atoms with Crippen molar-refractivity contribution in [2.75, 3.05) is 6.54 Å². The second kappa shape index (κ2) is 3.62. The smallest absolute Gasteiger partial charge is 0.0499 e. The number of hydrogen-bond acceptors (Lipinski definition) is 1. The summed E-state index contributed by atoms with van der Waals surface area (Å²) >= 11 is 0. The lowest BCUT2D eigenvalue weighted by Gasteiger charge is -2.03. The van der Waals surface area contributed by atoms with Crippen LogP contribution in [0, 0.1) is 0 Å². The van der Waals surface area contributed by atoms with E-state index in [9.17, 15) is 0 Å². The fourth-order valence-corrected chi connectivity index (χ4v) is 1.56. The summed E-state index contributed by atoms with van der Waals surface area (Å²) in [7, 11) is 0. The molecule has 0 saturated carbocycles. The lowest BCUT2D eigenvalue weighted by atomic mass is 10.1. The van der Waals surface area contributed by atoms with E-state index in [-0.39, 0.29) is 0 Å². The van der Waals surface area contributed by atoms with Crippen molar-refractivity contribution in [1.29, 1.82) is 0 Å². The Bertz CT molecular complexity index is 390. The maximum Gasteiger partial charge on any atom is 0.0499 e. The van der Waals surface area contributed by atoms with E-state index in [0.29, 0.717) is 0 Å². The Morgan fingerprint density at radius 2 is 2.23 bits per heavy atom. The third-order valence-electron chi connectivity index (χ3n) is 2.24.